The van der Waals surface area contributed by atoms with Gasteiger partial charge < -0.3 is 24.4 Å². The normalized spacial score (nSPS) is 10.5. The van der Waals surface area contributed by atoms with Gasteiger partial charge >= 0.3 is 6.09 Å². The first-order valence-electron chi connectivity index (χ1n) is 9.62. The van der Waals surface area contributed by atoms with Crippen LogP contribution in [0.15, 0.2) is 60.8 Å². The van der Waals surface area contributed by atoms with E-state index in [0.29, 0.717) is 29.9 Å². The number of anilines is 3. The SMILES string of the molecule is COc1ccc(OC(=O)Nc2ccnc(Nc3ccc(OCCN(C)C)cc3)n2)cc1. The van der Waals surface area contributed by atoms with Crippen molar-refractivity contribution in [1.82, 2.24) is 14.9 Å². The molecular formula is C22H25N5O4. The number of aromatic nitrogens is 2. The molecule has 0 unspecified atom stereocenters. The number of nitrogens with zero attached hydrogens (tertiary/aromatic N) is 3. The number of amides is 1. The zero-order valence-electron chi connectivity index (χ0n) is 17.7. The van der Waals surface area contributed by atoms with Gasteiger partial charge in [-0.3, -0.25) is 5.32 Å². The van der Waals surface area contributed by atoms with Crippen molar-refractivity contribution >= 4 is 23.5 Å². The van der Waals surface area contributed by atoms with Gasteiger partial charge in [0.1, 0.15) is 29.7 Å². The monoisotopic (exact) mass is 423 g/mol. The summed E-state index contributed by atoms with van der Waals surface area (Å²) in [6.45, 7) is 1.46. The van der Waals surface area contributed by atoms with E-state index >= 15 is 0 Å². The van der Waals surface area contributed by atoms with E-state index in [9.17, 15) is 4.79 Å². The Labute approximate surface area is 181 Å². The molecule has 0 spiro atoms. The standard InChI is InChI=1S/C22H25N5O4/c1-27(2)14-15-30-18-6-4-16(5-7-18)24-21-23-13-12-20(25-21)26-22(28)31-19-10-8-17(29-3)9-11-19/h4-13H,14-15H2,1-3H3,(H2,23,24,25,26,28). The van der Waals surface area contributed by atoms with Crippen molar-refractivity contribution in [3.8, 4) is 17.2 Å². The zero-order valence-corrected chi connectivity index (χ0v) is 17.7. The summed E-state index contributed by atoms with van der Waals surface area (Å²) in [5.74, 6) is 2.49. The molecule has 0 fully saturated rings. The van der Waals surface area contributed by atoms with Crippen LogP contribution in [0, 0.1) is 0 Å². The second-order valence-electron chi connectivity index (χ2n) is 6.76. The van der Waals surface area contributed by atoms with Gasteiger partial charge in [-0.1, -0.05) is 0 Å². The molecular weight excluding hydrogens is 398 g/mol. The molecule has 0 aliphatic heterocycles. The summed E-state index contributed by atoms with van der Waals surface area (Å²) in [5, 5.41) is 5.67. The Balaban J connectivity index is 1.54. The molecule has 0 atom stereocenters. The van der Waals surface area contributed by atoms with Crippen LogP contribution in [0.25, 0.3) is 0 Å². The lowest BCUT2D eigenvalue weighted by Crippen LogP contribution is -2.19. The van der Waals surface area contributed by atoms with Crippen LogP contribution in [0.3, 0.4) is 0 Å². The summed E-state index contributed by atoms with van der Waals surface area (Å²) < 4.78 is 16.0. The van der Waals surface area contributed by atoms with Crippen molar-refractivity contribution in [2.75, 3.05) is 45.0 Å². The maximum absolute atomic E-state index is 12.1. The minimum absolute atomic E-state index is 0.305. The molecule has 0 aliphatic carbocycles. The number of carbonyl (C=O) groups is 1. The first kappa shape index (κ1) is 21.8. The molecule has 1 heterocycles. The predicted octanol–water partition coefficient (Wildman–Crippen LogP) is 3.78. The third-order valence-electron chi connectivity index (χ3n) is 4.07. The molecule has 2 aromatic carbocycles. The van der Waals surface area contributed by atoms with Crippen molar-refractivity contribution in [2.45, 2.75) is 0 Å². The Morgan fingerprint density at radius 1 is 0.968 bits per heavy atom. The average molecular weight is 423 g/mol. The van der Waals surface area contributed by atoms with Gasteiger partial charge in [0.2, 0.25) is 5.95 Å². The number of ether oxygens (including phenoxy) is 3. The molecule has 1 amide bonds. The first-order valence-corrected chi connectivity index (χ1v) is 9.62. The van der Waals surface area contributed by atoms with E-state index in [1.54, 1.807) is 37.4 Å². The summed E-state index contributed by atoms with van der Waals surface area (Å²) in [6.07, 6.45) is 0.880. The molecule has 9 nitrogen and oxygen atoms in total. The van der Waals surface area contributed by atoms with Crippen LogP contribution >= 0.6 is 0 Å². The van der Waals surface area contributed by atoms with Gasteiger partial charge in [-0.25, -0.2) is 9.78 Å². The lowest BCUT2D eigenvalue weighted by molar-refractivity contribution is 0.215. The molecule has 1 aromatic heterocycles. The van der Waals surface area contributed by atoms with Gasteiger partial charge in [-0.05, 0) is 68.7 Å². The third kappa shape index (κ3) is 7.16. The average Bonchev–Trinajstić information content (AvgIpc) is 2.75. The Kier molecular flexibility index (Phi) is 7.61. The van der Waals surface area contributed by atoms with Gasteiger partial charge in [0.05, 0.1) is 7.11 Å². The maximum Gasteiger partial charge on any atom is 0.418 e. The van der Waals surface area contributed by atoms with E-state index in [-0.39, 0.29) is 0 Å². The van der Waals surface area contributed by atoms with E-state index in [1.165, 1.54) is 6.20 Å². The number of likely N-dealkylation sites (N-methyl/N-ethyl adjacent to an activating group) is 1. The van der Waals surface area contributed by atoms with Crippen molar-refractivity contribution in [3.05, 3.63) is 60.8 Å². The Bertz CT molecular complexity index is 978. The number of hydrogen-bond acceptors (Lipinski definition) is 8. The van der Waals surface area contributed by atoms with Gasteiger partial charge in [0.15, 0.2) is 0 Å². The van der Waals surface area contributed by atoms with E-state index in [1.807, 2.05) is 38.4 Å². The number of methoxy groups -OCH3 is 1. The fourth-order valence-electron chi connectivity index (χ4n) is 2.48. The van der Waals surface area contributed by atoms with E-state index in [0.717, 1.165) is 18.0 Å². The third-order valence-corrected chi connectivity index (χ3v) is 4.07. The van der Waals surface area contributed by atoms with Crippen LogP contribution in [-0.4, -0.2) is 55.3 Å². The van der Waals surface area contributed by atoms with Crippen molar-refractivity contribution in [2.24, 2.45) is 0 Å². The molecule has 162 valence electrons. The number of rotatable bonds is 9. The molecule has 3 rings (SSSR count). The van der Waals surface area contributed by atoms with Gasteiger partial charge in [-0.2, -0.15) is 4.98 Å². The van der Waals surface area contributed by atoms with Crippen LogP contribution in [0.5, 0.6) is 17.2 Å². The maximum atomic E-state index is 12.1. The molecule has 0 saturated heterocycles. The molecule has 0 aliphatic rings. The Hall–Kier alpha value is -3.85. The second-order valence-corrected chi connectivity index (χ2v) is 6.76. The van der Waals surface area contributed by atoms with Crippen LogP contribution < -0.4 is 24.8 Å². The van der Waals surface area contributed by atoms with Crippen LogP contribution in [0.2, 0.25) is 0 Å². The molecule has 31 heavy (non-hydrogen) atoms. The highest BCUT2D eigenvalue weighted by Gasteiger charge is 2.08. The van der Waals surface area contributed by atoms with Crippen LogP contribution in [-0.2, 0) is 0 Å². The lowest BCUT2D eigenvalue weighted by atomic mass is 10.3. The second kappa shape index (κ2) is 10.8. The van der Waals surface area contributed by atoms with Gasteiger partial charge in [0.25, 0.3) is 0 Å². The highest BCUT2D eigenvalue weighted by atomic mass is 16.6. The van der Waals surface area contributed by atoms with Crippen LogP contribution in [0.4, 0.5) is 22.2 Å². The van der Waals surface area contributed by atoms with Gasteiger partial charge in [0, 0.05) is 18.4 Å². The van der Waals surface area contributed by atoms with Gasteiger partial charge in [-0.15, -0.1) is 0 Å². The summed E-state index contributed by atoms with van der Waals surface area (Å²) >= 11 is 0. The number of carbonyl (C=O) groups excluding carboxylic acids is 1. The van der Waals surface area contributed by atoms with E-state index in [2.05, 4.69) is 25.5 Å². The molecule has 9 heteroatoms. The quantitative estimate of drug-likeness (QED) is 0.537. The van der Waals surface area contributed by atoms with E-state index in [4.69, 9.17) is 14.2 Å². The lowest BCUT2D eigenvalue weighted by Gasteiger charge is -2.12. The number of nitrogens with one attached hydrogen (secondary N) is 2. The minimum atomic E-state index is -0.658. The first-order chi connectivity index (χ1) is 15.0. The fraction of sp³-hybridized carbons (Fsp3) is 0.227. The Morgan fingerprint density at radius 3 is 2.32 bits per heavy atom. The summed E-state index contributed by atoms with van der Waals surface area (Å²) in [6, 6.07) is 15.7. The topological polar surface area (TPSA) is 97.8 Å². The highest BCUT2D eigenvalue weighted by Crippen LogP contribution is 2.20. The predicted molar refractivity (Wildman–Crippen MR) is 118 cm³/mol. The van der Waals surface area contributed by atoms with Crippen molar-refractivity contribution in [3.63, 3.8) is 0 Å². The molecule has 0 radical (unpaired) electrons. The minimum Gasteiger partial charge on any atom is -0.497 e. The van der Waals surface area contributed by atoms with E-state index < -0.39 is 6.09 Å². The molecule has 3 aromatic rings. The zero-order chi connectivity index (χ0) is 22.1. The summed E-state index contributed by atoms with van der Waals surface area (Å²) in [4.78, 5) is 22.6. The van der Waals surface area contributed by atoms with Crippen molar-refractivity contribution < 1.29 is 19.0 Å². The highest BCUT2D eigenvalue weighted by molar-refractivity contribution is 5.85. The number of hydrogen-bond donors (Lipinski definition) is 2. The molecule has 0 saturated carbocycles. The molecule has 2 N–H and O–H groups in total. The Morgan fingerprint density at radius 2 is 1.65 bits per heavy atom. The van der Waals surface area contributed by atoms with Crippen molar-refractivity contribution in [1.29, 1.82) is 0 Å². The summed E-state index contributed by atoms with van der Waals surface area (Å²) in [7, 11) is 5.56. The summed E-state index contributed by atoms with van der Waals surface area (Å²) in [5.41, 5.74) is 0.790. The number of benzene rings is 2. The fourth-order valence-corrected chi connectivity index (χ4v) is 2.48. The largest absolute Gasteiger partial charge is 0.497 e. The van der Waals surface area contributed by atoms with Crippen LogP contribution in [0.1, 0.15) is 0 Å². The smallest absolute Gasteiger partial charge is 0.418 e. The molecule has 0 bridgehead atoms.